The highest BCUT2D eigenvalue weighted by Crippen LogP contribution is 2.26. The zero-order chi connectivity index (χ0) is 22.7. The molecule has 9 heteroatoms. The van der Waals surface area contributed by atoms with Gasteiger partial charge in [0.25, 0.3) is 5.91 Å². The van der Waals surface area contributed by atoms with Crippen molar-refractivity contribution >= 4 is 29.1 Å². The van der Waals surface area contributed by atoms with Gasteiger partial charge in [0.15, 0.2) is 5.69 Å². The molecule has 0 unspecified atom stereocenters. The Labute approximate surface area is 195 Å². The molecule has 1 fully saturated rings. The average Bonchev–Trinajstić information content (AvgIpc) is 3.16. The van der Waals surface area contributed by atoms with Crippen LogP contribution in [-0.2, 0) is 13.2 Å². The minimum Gasteiger partial charge on any atom is -0.487 e. The molecule has 0 bridgehead atoms. The number of nitrogens with zero attached hydrogens (tertiary/aromatic N) is 3. The van der Waals surface area contributed by atoms with Crippen molar-refractivity contribution in [2.45, 2.75) is 20.1 Å². The molecular weight excluding hydrogens is 456 g/mol. The molecule has 4 rings (SSSR count). The Morgan fingerprint density at radius 2 is 1.78 bits per heavy atom. The molecule has 2 aromatic carbocycles. The zero-order valence-electron chi connectivity index (χ0n) is 17.5. The van der Waals surface area contributed by atoms with E-state index in [1.807, 2.05) is 12.1 Å². The number of piperazine rings is 1. The predicted molar refractivity (Wildman–Crippen MR) is 120 cm³/mol. The highest BCUT2D eigenvalue weighted by atomic mass is 35.5. The fraction of sp³-hybridized carbons (Fsp3) is 0.304. The summed E-state index contributed by atoms with van der Waals surface area (Å²) in [5.74, 6) is 0.502. The van der Waals surface area contributed by atoms with E-state index in [1.165, 1.54) is 6.07 Å². The maximum absolute atomic E-state index is 14.1. The fourth-order valence-corrected chi connectivity index (χ4v) is 4.02. The van der Waals surface area contributed by atoms with E-state index in [4.69, 9.17) is 32.5 Å². The molecule has 1 saturated heterocycles. The van der Waals surface area contributed by atoms with Gasteiger partial charge in [-0.3, -0.25) is 9.69 Å². The molecule has 168 valence electrons. The van der Waals surface area contributed by atoms with Crippen LogP contribution >= 0.6 is 23.2 Å². The van der Waals surface area contributed by atoms with E-state index in [9.17, 15) is 9.18 Å². The van der Waals surface area contributed by atoms with Crippen molar-refractivity contribution in [3.8, 4) is 5.75 Å². The van der Waals surface area contributed by atoms with Crippen LogP contribution in [0.15, 0.2) is 47.0 Å². The van der Waals surface area contributed by atoms with Crippen LogP contribution in [0.2, 0.25) is 10.0 Å². The van der Waals surface area contributed by atoms with E-state index in [-0.39, 0.29) is 24.0 Å². The van der Waals surface area contributed by atoms with Crippen LogP contribution in [0.1, 0.15) is 27.4 Å². The van der Waals surface area contributed by atoms with E-state index in [2.05, 4.69) is 10.1 Å². The Bertz CT molecular complexity index is 1090. The number of para-hydroxylation sites is 1. The lowest BCUT2D eigenvalue weighted by Crippen LogP contribution is -2.48. The van der Waals surface area contributed by atoms with Gasteiger partial charge < -0.3 is 14.2 Å². The van der Waals surface area contributed by atoms with E-state index in [1.54, 1.807) is 36.1 Å². The van der Waals surface area contributed by atoms with E-state index in [0.29, 0.717) is 65.4 Å². The van der Waals surface area contributed by atoms with Gasteiger partial charge in [0.1, 0.15) is 23.9 Å². The van der Waals surface area contributed by atoms with Gasteiger partial charge in [0.05, 0.1) is 10.6 Å². The van der Waals surface area contributed by atoms with Gasteiger partial charge in [-0.1, -0.05) is 46.6 Å². The number of amides is 1. The number of hydrogen-bond acceptors (Lipinski definition) is 5. The molecule has 0 N–H and O–H groups in total. The average molecular weight is 478 g/mol. The lowest BCUT2D eigenvalue weighted by atomic mass is 10.1. The summed E-state index contributed by atoms with van der Waals surface area (Å²) in [7, 11) is 0. The highest BCUT2D eigenvalue weighted by Gasteiger charge is 2.28. The highest BCUT2D eigenvalue weighted by molar-refractivity contribution is 6.32. The maximum Gasteiger partial charge on any atom is 0.276 e. The largest absolute Gasteiger partial charge is 0.487 e. The summed E-state index contributed by atoms with van der Waals surface area (Å²) in [6.45, 7) is 4.42. The van der Waals surface area contributed by atoms with Gasteiger partial charge in [0, 0.05) is 43.3 Å². The second-order valence-electron chi connectivity index (χ2n) is 7.55. The minimum atomic E-state index is -0.322. The Hall–Kier alpha value is -2.61. The van der Waals surface area contributed by atoms with Crippen molar-refractivity contribution in [1.29, 1.82) is 0 Å². The molecule has 6 nitrogen and oxygen atoms in total. The summed E-state index contributed by atoms with van der Waals surface area (Å²) in [5.41, 5.74) is 1.30. The van der Waals surface area contributed by atoms with Crippen molar-refractivity contribution in [1.82, 2.24) is 15.0 Å². The number of rotatable bonds is 6. The van der Waals surface area contributed by atoms with Crippen molar-refractivity contribution in [2.75, 3.05) is 26.2 Å². The van der Waals surface area contributed by atoms with Crippen LogP contribution in [0, 0.1) is 12.7 Å². The monoisotopic (exact) mass is 477 g/mol. The lowest BCUT2D eigenvalue weighted by Gasteiger charge is -2.34. The third-order valence-electron chi connectivity index (χ3n) is 5.50. The summed E-state index contributed by atoms with van der Waals surface area (Å²) in [6, 6.07) is 11.8. The second kappa shape index (κ2) is 9.90. The quantitative estimate of drug-likeness (QED) is 0.501. The summed E-state index contributed by atoms with van der Waals surface area (Å²) in [6.07, 6.45) is 0. The molecule has 1 aliphatic rings. The molecule has 0 atom stereocenters. The van der Waals surface area contributed by atoms with Crippen molar-refractivity contribution in [2.24, 2.45) is 0 Å². The van der Waals surface area contributed by atoms with E-state index in [0.717, 1.165) is 0 Å². The van der Waals surface area contributed by atoms with Gasteiger partial charge in [0.2, 0.25) is 0 Å². The Morgan fingerprint density at radius 3 is 2.50 bits per heavy atom. The number of ether oxygens (including phenoxy) is 1. The summed E-state index contributed by atoms with van der Waals surface area (Å²) in [4.78, 5) is 16.9. The van der Waals surface area contributed by atoms with Crippen LogP contribution in [0.4, 0.5) is 4.39 Å². The second-order valence-corrected chi connectivity index (χ2v) is 8.37. The Balaban J connectivity index is 1.39. The molecule has 0 spiro atoms. The number of carbonyl (C=O) groups excluding carboxylic acids is 1. The molecule has 1 amide bonds. The topological polar surface area (TPSA) is 58.8 Å². The van der Waals surface area contributed by atoms with Crippen molar-refractivity contribution in [3.63, 3.8) is 0 Å². The molecule has 3 aromatic rings. The summed E-state index contributed by atoms with van der Waals surface area (Å²) in [5, 5.41) is 4.87. The van der Waals surface area contributed by atoms with Crippen LogP contribution in [0.25, 0.3) is 0 Å². The molecule has 0 saturated carbocycles. The Kier molecular flexibility index (Phi) is 6.98. The minimum absolute atomic E-state index is 0.117. The molecule has 2 heterocycles. The van der Waals surface area contributed by atoms with Gasteiger partial charge >= 0.3 is 0 Å². The lowest BCUT2D eigenvalue weighted by molar-refractivity contribution is 0.0615. The van der Waals surface area contributed by atoms with E-state index < -0.39 is 0 Å². The van der Waals surface area contributed by atoms with Crippen LogP contribution in [0.3, 0.4) is 0 Å². The smallest absolute Gasteiger partial charge is 0.276 e. The van der Waals surface area contributed by atoms with Gasteiger partial charge in [-0.15, -0.1) is 0 Å². The van der Waals surface area contributed by atoms with Crippen LogP contribution in [-0.4, -0.2) is 47.0 Å². The van der Waals surface area contributed by atoms with E-state index >= 15 is 0 Å². The van der Waals surface area contributed by atoms with Crippen LogP contribution in [0.5, 0.6) is 5.75 Å². The molecule has 1 aliphatic heterocycles. The van der Waals surface area contributed by atoms with Crippen LogP contribution < -0.4 is 4.74 Å². The van der Waals surface area contributed by atoms with Gasteiger partial charge in [-0.05, 0) is 31.2 Å². The first-order valence-electron chi connectivity index (χ1n) is 10.2. The SMILES string of the molecule is Cc1onc(C(=O)N2CCN(Cc3c(F)cccc3Cl)CC2)c1COc1ccccc1Cl. The molecular formula is C23H22Cl2FN3O3. The third kappa shape index (κ3) is 4.90. The number of carbonyl (C=O) groups is 1. The van der Waals surface area contributed by atoms with Gasteiger partial charge in [-0.2, -0.15) is 0 Å². The summed E-state index contributed by atoms with van der Waals surface area (Å²) >= 11 is 12.3. The number of benzene rings is 2. The molecule has 1 aromatic heterocycles. The Morgan fingerprint density at radius 1 is 1.06 bits per heavy atom. The van der Waals surface area contributed by atoms with Gasteiger partial charge in [-0.25, -0.2) is 4.39 Å². The predicted octanol–water partition coefficient (Wildman–Crippen LogP) is 4.97. The van der Waals surface area contributed by atoms with Crippen molar-refractivity contribution < 1.29 is 18.4 Å². The zero-order valence-corrected chi connectivity index (χ0v) is 19.0. The fourth-order valence-electron chi connectivity index (χ4n) is 3.61. The van der Waals surface area contributed by atoms with Crippen molar-refractivity contribution in [3.05, 3.63) is 80.9 Å². The molecule has 0 aliphatic carbocycles. The number of hydrogen-bond donors (Lipinski definition) is 0. The number of aromatic nitrogens is 1. The number of halogens is 3. The standard InChI is InChI=1S/C23H22Cl2FN3O3/c1-15-17(14-31-21-8-3-2-5-19(21)25)22(27-32-15)23(30)29-11-9-28(10-12-29)13-16-18(24)6-4-7-20(16)26/h2-8H,9-14H2,1H3. The first-order chi connectivity index (χ1) is 15.4. The molecule has 0 radical (unpaired) electrons. The first kappa shape index (κ1) is 22.6. The summed E-state index contributed by atoms with van der Waals surface area (Å²) < 4.78 is 25.1. The maximum atomic E-state index is 14.1. The normalized spacial score (nSPS) is 14.6. The number of aryl methyl sites for hydroxylation is 1. The first-order valence-corrected chi connectivity index (χ1v) is 11.0. The molecule has 32 heavy (non-hydrogen) atoms. The third-order valence-corrected chi connectivity index (χ3v) is 6.17.